The molecule has 3 aliphatic rings. The molecule has 0 aliphatic carbocycles. The molecule has 4 aromatic rings. The van der Waals surface area contributed by atoms with Crippen molar-refractivity contribution in [2.75, 3.05) is 6.61 Å². The van der Waals surface area contributed by atoms with Crippen molar-refractivity contribution >= 4 is 35.6 Å². The van der Waals surface area contributed by atoms with Crippen LogP contribution in [0.3, 0.4) is 0 Å². The molecular formula is C43H42O13S. The summed E-state index contributed by atoms with van der Waals surface area (Å²) in [6.07, 6.45) is -11.4. The fraction of sp³-hybridized carbons (Fsp3) is 0.349. The molecule has 298 valence electrons. The zero-order valence-electron chi connectivity index (χ0n) is 31.3. The Hall–Kier alpha value is -5.09. The van der Waals surface area contributed by atoms with E-state index in [-0.39, 0.29) is 17.7 Å². The second-order valence-electron chi connectivity index (χ2n) is 13.6. The van der Waals surface area contributed by atoms with Gasteiger partial charge in [0.25, 0.3) is 0 Å². The predicted molar refractivity (Wildman–Crippen MR) is 203 cm³/mol. The Bertz CT molecular complexity index is 1970. The minimum atomic E-state index is -1.50. The van der Waals surface area contributed by atoms with Crippen molar-refractivity contribution in [3.05, 3.63) is 138 Å². The van der Waals surface area contributed by atoms with Crippen LogP contribution in [0, 0.1) is 0 Å². The van der Waals surface area contributed by atoms with Gasteiger partial charge >= 0.3 is 23.9 Å². The third-order valence-corrected chi connectivity index (χ3v) is 10.6. The molecule has 3 saturated heterocycles. The Morgan fingerprint density at radius 3 is 1.68 bits per heavy atom. The lowest BCUT2D eigenvalue weighted by Crippen LogP contribution is -2.66. The van der Waals surface area contributed by atoms with E-state index in [1.165, 1.54) is 25.6 Å². The van der Waals surface area contributed by atoms with E-state index in [1.54, 1.807) is 67.6 Å². The number of rotatable bonds is 11. The van der Waals surface area contributed by atoms with Gasteiger partial charge in [0.05, 0.1) is 23.8 Å². The van der Waals surface area contributed by atoms with Gasteiger partial charge in [0.2, 0.25) is 0 Å². The van der Waals surface area contributed by atoms with Gasteiger partial charge in [-0.1, -0.05) is 96.7 Å². The molecule has 0 aromatic heterocycles. The molecule has 14 heteroatoms. The summed E-state index contributed by atoms with van der Waals surface area (Å²) < 4.78 is 56.4. The SMILES string of the molecule is CC(=O)O[C@@H]1[C@@H](O[C@@H]2O[C@@H](C)[C@H](OC(=O)c3ccccc3)[C@@H](OC(=O)c3ccccc3)[C@H]2OC(C)=O)[C@@H]2O[C@H](c3ccccc3)OC[C@H]2O[C@H]1Sc1ccccc1. The summed E-state index contributed by atoms with van der Waals surface area (Å²) in [6.45, 7) is 4.16. The highest BCUT2D eigenvalue weighted by atomic mass is 32.2. The number of hydrogen-bond acceptors (Lipinski definition) is 14. The Morgan fingerprint density at radius 2 is 1.11 bits per heavy atom. The molecule has 0 spiro atoms. The van der Waals surface area contributed by atoms with Gasteiger partial charge in [0, 0.05) is 24.3 Å². The van der Waals surface area contributed by atoms with Crippen LogP contribution in [-0.4, -0.2) is 91.0 Å². The van der Waals surface area contributed by atoms with Crippen LogP contribution in [0.2, 0.25) is 0 Å². The first-order valence-corrected chi connectivity index (χ1v) is 19.4. The molecule has 0 radical (unpaired) electrons. The molecule has 4 aromatic carbocycles. The van der Waals surface area contributed by atoms with Gasteiger partial charge < -0.3 is 42.6 Å². The first kappa shape index (κ1) is 40.1. The van der Waals surface area contributed by atoms with Crippen molar-refractivity contribution in [3.63, 3.8) is 0 Å². The zero-order chi connectivity index (χ0) is 39.9. The van der Waals surface area contributed by atoms with Gasteiger partial charge in [-0.3, -0.25) is 9.59 Å². The lowest BCUT2D eigenvalue weighted by molar-refractivity contribution is -0.363. The number of fused-ring (bicyclic) bond motifs is 1. The van der Waals surface area contributed by atoms with Crippen molar-refractivity contribution in [2.45, 2.75) is 92.5 Å². The highest BCUT2D eigenvalue weighted by Gasteiger charge is 2.57. The minimum absolute atomic E-state index is 0.0901. The molecular weight excluding hydrogens is 757 g/mol. The molecule has 7 rings (SSSR count). The summed E-state index contributed by atoms with van der Waals surface area (Å²) in [6, 6.07) is 35.2. The second-order valence-corrected chi connectivity index (χ2v) is 14.8. The van der Waals surface area contributed by atoms with Crippen LogP contribution in [-0.2, 0) is 52.2 Å². The van der Waals surface area contributed by atoms with E-state index < -0.39 is 90.7 Å². The summed E-state index contributed by atoms with van der Waals surface area (Å²) in [4.78, 5) is 53.7. The quantitative estimate of drug-likeness (QED) is 0.128. The lowest BCUT2D eigenvalue weighted by atomic mass is 9.96. The molecule has 3 fully saturated rings. The molecule has 11 atom stereocenters. The Labute approximate surface area is 333 Å². The standard InChI is InChI=1S/C43H42O13S/c1-25-33(53-39(46)28-16-8-4-9-17-28)35(54-40(47)29-18-10-5-11-19-29)37(50-26(2)44)42(49-25)56-36-34-32(24-48-41(55-34)30-20-12-6-13-21-30)52-43(38(36)51-27(3)45)57-31-22-14-7-15-23-31/h4-23,25,32-38,41-43H,24H2,1-3H3/t25-,32+,33-,34+,35+,36-,37+,38+,41+,42-,43-/m0/s1. The maximum atomic E-state index is 13.7. The molecule has 3 heterocycles. The Balaban J connectivity index is 1.26. The van der Waals surface area contributed by atoms with E-state index in [0.717, 1.165) is 10.5 Å². The normalized spacial score (nSPS) is 29.6. The average Bonchev–Trinajstić information content (AvgIpc) is 3.22. The third kappa shape index (κ3) is 9.72. The largest absolute Gasteiger partial charge is 0.456 e. The summed E-state index contributed by atoms with van der Waals surface area (Å²) in [5.74, 6) is -2.86. The van der Waals surface area contributed by atoms with Crippen LogP contribution in [0.25, 0.3) is 0 Å². The molecule has 0 N–H and O–H groups in total. The fourth-order valence-corrected chi connectivity index (χ4v) is 8.03. The van der Waals surface area contributed by atoms with Gasteiger partial charge in [0.15, 0.2) is 37.0 Å². The smallest absolute Gasteiger partial charge is 0.338 e. The van der Waals surface area contributed by atoms with Gasteiger partial charge in [-0.05, 0) is 43.3 Å². The number of benzene rings is 4. The molecule has 57 heavy (non-hydrogen) atoms. The Kier molecular flexibility index (Phi) is 13.0. The summed E-state index contributed by atoms with van der Waals surface area (Å²) in [5, 5.41) is 0. The molecule has 3 aliphatic heterocycles. The van der Waals surface area contributed by atoms with E-state index in [2.05, 4.69) is 0 Å². The van der Waals surface area contributed by atoms with E-state index in [0.29, 0.717) is 0 Å². The molecule has 13 nitrogen and oxygen atoms in total. The van der Waals surface area contributed by atoms with Crippen LogP contribution in [0.1, 0.15) is 53.3 Å². The first-order valence-electron chi connectivity index (χ1n) is 18.5. The van der Waals surface area contributed by atoms with Crippen molar-refractivity contribution < 1.29 is 61.8 Å². The van der Waals surface area contributed by atoms with Crippen LogP contribution in [0.15, 0.2) is 126 Å². The maximum Gasteiger partial charge on any atom is 0.338 e. The van der Waals surface area contributed by atoms with Crippen LogP contribution in [0.5, 0.6) is 0 Å². The molecule has 0 bridgehead atoms. The highest BCUT2D eigenvalue weighted by molar-refractivity contribution is 7.99. The number of thioether (sulfide) groups is 1. The topological polar surface area (TPSA) is 151 Å². The Morgan fingerprint density at radius 1 is 0.579 bits per heavy atom. The zero-order valence-corrected chi connectivity index (χ0v) is 32.1. The van der Waals surface area contributed by atoms with Crippen molar-refractivity contribution in [1.29, 1.82) is 0 Å². The van der Waals surface area contributed by atoms with Gasteiger partial charge in [-0.2, -0.15) is 0 Å². The average molecular weight is 799 g/mol. The number of ether oxygens (including phenoxy) is 9. The van der Waals surface area contributed by atoms with E-state index in [1.807, 2.05) is 60.7 Å². The fourth-order valence-electron chi connectivity index (χ4n) is 6.91. The number of esters is 4. The molecule has 0 saturated carbocycles. The third-order valence-electron chi connectivity index (χ3n) is 9.48. The van der Waals surface area contributed by atoms with Gasteiger partial charge in [0.1, 0.15) is 23.7 Å². The summed E-state index contributed by atoms with van der Waals surface area (Å²) in [5.41, 5.74) is 0.344. The van der Waals surface area contributed by atoms with Crippen molar-refractivity contribution in [1.82, 2.24) is 0 Å². The minimum Gasteiger partial charge on any atom is -0.456 e. The first-order chi connectivity index (χ1) is 27.6. The summed E-state index contributed by atoms with van der Waals surface area (Å²) >= 11 is 1.31. The van der Waals surface area contributed by atoms with Gasteiger partial charge in [-0.15, -0.1) is 0 Å². The number of carbonyl (C=O) groups excluding carboxylic acids is 4. The molecule has 0 amide bonds. The van der Waals surface area contributed by atoms with E-state index in [9.17, 15) is 19.2 Å². The van der Waals surface area contributed by atoms with Crippen LogP contribution >= 0.6 is 11.8 Å². The maximum absolute atomic E-state index is 13.7. The second kappa shape index (κ2) is 18.4. The highest BCUT2D eigenvalue weighted by Crippen LogP contribution is 2.43. The summed E-state index contributed by atoms with van der Waals surface area (Å²) in [7, 11) is 0. The van der Waals surface area contributed by atoms with Crippen molar-refractivity contribution in [3.8, 4) is 0 Å². The number of hydrogen-bond donors (Lipinski definition) is 0. The van der Waals surface area contributed by atoms with E-state index in [4.69, 9.17) is 42.6 Å². The van der Waals surface area contributed by atoms with Crippen molar-refractivity contribution in [2.24, 2.45) is 0 Å². The van der Waals surface area contributed by atoms with Crippen LogP contribution < -0.4 is 0 Å². The molecule has 0 unspecified atom stereocenters. The van der Waals surface area contributed by atoms with Gasteiger partial charge in [-0.25, -0.2) is 9.59 Å². The van der Waals surface area contributed by atoms with Crippen LogP contribution in [0.4, 0.5) is 0 Å². The monoisotopic (exact) mass is 798 g/mol. The number of carbonyl (C=O) groups is 4. The lowest BCUT2D eigenvalue weighted by Gasteiger charge is -2.51. The van der Waals surface area contributed by atoms with E-state index >= 15 is 0 Å². The predicted octanol–water partition coefficient (Wildman–Crippen LogP) is 6.06.